The van der Waals surface area contributed by atoms with Gasteiger partial charge in [-0.3, -0.25) is 10.1 Å². The summed E-state index contributed by atoms with van der Waals surface area (Å²) in [7, 11) is -2.30. The molecule has 2 aromatic rings. The normalized spacial score (nSPS) is 10.9. The molecule has 0 fully saturated rings. The third-order valence-electron chi connectivity index (χ3n) is 3.67. The molecule has 0 aliphatic rings. The predicted molar refractivity (Wildman–Crippen MR) is 102 cm³/mol. The fourth-order valence-corrected chi connectivity index (χ4v) is 3.26. The Morgan fingerprint density at radius 2 is 1.63 bits per heavy atom. The number of anilines is 2. The lowest BCUT2D eigenvalue weighted by molar-refractivity contribution is 0.102. The van der Waals surface area contributed by atoms with Crippen molar-refractivity contribution in [3.05, 3.63) is 53.6 Å². The first kappa shape index (κ1) is 20.4. The zero-order valence-electron chi connectivity index (χ0n) is 15.2. The van der Waals surface area contributed by atoms with Gasteiger partial charge < -0.3 is 10.1 Å². The molecule has 0 aromatic heterocycles. The van der Waals surface area contributed by atoms with Gasteiger partial charge in [0.05, 0.1) is 11.5 Å². The summed E-state index contributed by atoms with van der Waals surface area (Å²) < 4.78 is 31.1. The molecule has 27 heavy (non-hydrogen) atoms. The van der Waals surface area contributed by atoms with E-state index in [0.29, 0.717) is 22.5 Å². The zero-order chi connectivity index (χ0) is 20.0. The highest BCUT2D eigenvalue weighted by Gasteiger charge is 2.16. The van der Waals surface area contributed by atoms with Crippen molar-refractivity contribution in [3.8, 4) is 0 Å². The van der Waals surface area contributed by atoms with Gasteiger partial charge in [-0.2, -0.15) is 0 Å². The molecule has 0 unspecified atom stereocenters. The molecule has 144 valence electrons. The number of carbonyl (C=O) groups excluding carboxylic acids is 2. The molecule has 0 saturated heterocycles. The predicted octanol–water partition coefficient (Wildman–Crippen LogP) is 2.72. The summed E-state index contributed by atoms with van der Waals surface area (Å²) in [4.78, 5) is 23.8. The van der Waals surface area contributed by atoms with Crippen molar-refractivity contribution in [1.29, 1.82) is 0 Å². The Kier molecular flexibility index (Phi) is 6.54. The van der Waals surface area contributed by atoms with Crippen molar-refractivity contribution in [3.63, 3.8) is 0 Å². The Bertz CT molecular complexity index is 940. The minimum absolute atomic E-state index is 0.0942. The molecule has 0 aliphatic heterocycles. The fraction of sp³-hybridized carbons (Fsp3) is 0.222. The van der Waals surface area contributed by atoms with Crippen LogP contribution in [0.4, 0.5) is 16.2 Å². The molecule has 0 saturated carbocycles. The molecule has 0 bridgehead atoms. The Morgan fingerprint density at radius 1 is 1.00 bits per heavy atom. The van der Waals surface area contributed by atoms with Crippen molar-refractivity contribution >= 4 is 33.4 Å². The second-order valence-corrected chi connectivity index (χ2v) is 7.42. The van der Waals surface area contributed by atoms with Crippen molar-refractivity contribution in [1.82, 2.24) is 4.72 Å². The lowest BCUT2D eigenvalue weighted by Crippen LogP contribution is -2.20. The number of hydrogen-bond donors (Lipinski definition) is 3. The Morgan fingerprint density at radius 3 is 2.22 bits per heavy atom. The van der Waals surface area contributed by atoms with Gasteiger partial charge in [0.2, 0.25) is 10.0 Å². The van der Waals surface area contributed by atoms with E-state index in [1.54, 1.807) is 38.1 Å². The summed E-state index contributed by atoms with van der Waals surface area (Å²) >= 11 is 0. The van der Waals surface area contributed by atoms with Gasteiger partial charge in [0.15, 0.2) is 0 Å². The summed E-state index contributed by atoms with van der Waals surface area (Å²) in [6.45, 7) is 3.63. The number of aryl methyl sites for hydroxylation is 1. The van der Waals surface area contributed by atoms with Crippen LogP contribution in [0, 0.1) is 6.92 Å². The molecule has 0 aliphatic carbocycles. The fourth-order valence-electron chi connectivity index (χ4n) is 2.27. The third kappa shape index (κ3) is 5.28. The van der Waals surface area contributed by atoms with Crippen molar-refractivity contribution in [2.45, 2.75) is 18.7 Å². The van der Waals surface area contributed by atoms with Crippen LogP contribution in [-0.2, 0) is 14.8 Å². The highest BCUT2D eigenvalue weighted by Crippen LogP contribution is 2.21. The minimum atomic E-state index is -3.63. The standard InChI is InChI=1S/C18H21N3O5S/c1-4-26-18(23)21-14-9-6-13(7-10-14)17(22)20-15-8-5-12(2)16(11-15)27(24,25)19-3/h5-11,19H,4H2,1-3H3,(H,20,22)(H,21,23). The van der Waals surface area contributed by atoms with Crippen LogP contribution in [-0.4, -0.2) is 34.1 Å². The second-order valence-electron chi connectivity index (χ2n) is 5.56. The number of hydrogen-bond acceptors (Lipinski definition) is 5. The maximum absolute atomic E-state index is 12.4. The number of ether oxygens (including phenoxy) is 1. The van der Waals surface area contributed by atoms with Crippen LogP contribution in [0.3, 0.4) is 0 Å². The lowest BCUT2D eigenvalue weighted by atomic mass is 10.1. The number of carbonyl (C=O) groups is 2. The van der Waals surface area contributed by atoms with Crippen LogP contribution in [0.2, 0.25) is 0 Å². The van der Waals surface area contributed by atoms with Gasteiger partial charge in [0.1, 0.15) is 0 Å². The van der Waals surface area contributed by atoms with Gasteiger partial charge in [-0.1, -0.05) is 6.07 Å². The van der Waals surface area contributed by atoms with E-state index in [1.165, 1.54) is 25.2 Å². The molecule has 2 amide bonds. The van der Waals surface area contributed by atoms with Crippen LogP contribution < -0.4 is 15.4 Å². The lowest BCUT2D eigenvalue weighted by Gasteiger charge is -2.11. The first-order chi connectivity index (χ1) is 12.8. The quantitative estimate of drug-likeness (QED) is 0.701. The smallest absolute Gasteiger partial charge is 0.411 e. The molecule has 3 N–H and O–H groups in total. The van der Waals surface area contributed by atoms with E-state index in [4.69, 9.17) is 4.74 Å². The average Bonchev–Trinajstić information content (AvgIpc) is 2.64. The number of rotatable bonds is 6. The first-order valence-electron chi connectivity index (χ1n) is 8.16. The number of sulfonamides is 1. The van der Waals surface area contributed by atoms with Gasteiger partial charge >= 0.3 is 6.09 Å². The monoisotopic (exact) mass is 391 g/mol. The van der Waals surface area contributed by atoms with Crippen molar-refractivity contribution in [2.24, 2.45) is 0 Å². The van der Waals surface area contributed by atoms with Crippen LogP contribution >= 0.6 is 0 Å². The van der Waals surface area contributed by atoms with E-state index in [2.05, 4.69) is 15.4 Å². The SMILES string of the molecule is CCOC(=O)Nc1ccc(C(=O)Nc2ccc(C)c(S(=O)(=O)NC)c2)cc1. The second kappa shape index (κ2) is 8.65. The van der Waals surface area contributed by atoms with Gasteiger partial charge in [0, 0.05) is 16.9 Å². The van der Waals surface area contributed by atoms with Gasteiger partial charge in [0.25, 0.3) is 5.91 Å². The third-order valence-corrected chi connectivity index (χ3v) is 5.23. The zero-order valence-corrected chi connectivity index (χ0v) is 16.0. The van der Waals surface area contributed by atoms with Crippen LogP contribution in [0.25, 0.3) is 0 Å². The molecule has 0 heterocycles. The number of nitrogens with one attached hydrogen (secondary N) is 3. The van der Waals surface area contributed by atoms with Gasteiger partial charge in [-0.05, 0) is 62.9 Å². The molecule has 9 heteroatoms. The van der Waals surface area contributed by atoms with E-state index < -0.39 is 22.0 Å². The number of benzene rings is 2. The van der Waals surface area contributed by atoms with E-state index >= 15 is 0 Å². The molecule has 0 atom stereocenters. The van der Waals surface area contributed by atoms with Crippen LogP contribution in [0.15, 0.2) is 47.4 Å². The van der Waals surface area contributed by atoms with E-state index in [-0.39, 0.29) is 11.5 Å². The topological polar surface area (TPSA) is 114 Å². The largest absolute Gasteiger partial charge is 0.450 e. The average molecular weight is 391 g/mol. The van der Waals surface area contributed by atoms with Gasteiger partial charge in [-0.25, -0.2) is 17.9 Å². The summed E-state index contributed by atoms with van der Waals surface area (Å²) in [5, 5.41) is 5.19. The summed E-state index contributed by atoms with van der Waals surface area (Å²) in [6, 6.07) is 10.9. The summed E-state index contributed by atoms with van der Waals surface area (Å²) in [5.74, 6) is -0.408. The molecule has 2 rings (SSSR count). The van der Waals surface area contributed by atoms with E-state index in [0.717, 1.165) is 0 Å². The molecular weight excluding hydrogens is 370 g/mol. The Hall–Kier alpha value is -2.91. The molecule has 8 nitrogen and oxygen atoms in total. The molecule has 0 spiro atoms. The molecule has 0 radical (unpaired) electrons. The van der Waals surface area contributed by atoms with Crippen molar-refractivity contribution < 1.29 is 22.7 Å². The van der Waals surface area contributed by atoms with E-state index in [1.807, 2.05) is 0 Å². The van der Waals surface area contributed by atoms with Crippen LogP contribution in [0.1, 0.15) is 22.8 Å². The molecular formula is C18H21N3O5S. The van der Waals surface area contributed by atoms with Gasteiger partial charge in [-0.15, -0.1) is 0 Å². The summed E-state index contributed by atoms with van der Waals surface area (Å²) in [5.41, 5.74) is 1.76. The summed E-state index contributed by atoms with van der Waals surface area (Å²) in [6.07, 6.45) is -0.576. The Labute approximate surface area is 158 Å². The van der Waals surface area contributed by atoms with Crippen LogP contribution in [0.5, 0.6) is 0 Å². The minimum Gasteiger partial charge on any atom is -0.450 e. The molecule has 2 aromatic carbocycles. The van der Waals surface area contributed by atoms with Crippen molar-refractivity contribution in [2.75, 3.05) is 24.3 Å². The first-order valence-corrected chi connectivity index (χ1v) is 9.64. The number of amides is 2. The highest BCUT2D eigenvalue weighted by atomic mass is 32.2. The Balaban J connectivity index is 2.13. The maximum Gasteiger partial charge on any atom is 0.411 e. The maximum atomic E-state index is 12.4. The van der Waals surface area contributed by atoms with E-state index in [9.17, 15) is 18.0 Å². The highest BCUT2D eigenvalue weighted by molar-refractivity contribution is 7.89.